The zero-order chi connectivity index (χ0) is 24.7. The lowest BCUT2D eigenvalue weighted by Gasteiger charge is -2.13. The highest BCUT2D eigenvalue weighted by molar-refractivity contribution is 9.10. The lowest BCUT2D eigenvalue weighted by Crippen LogP contribution is -2.14. The molecular formula is C26H21BrN2O5. The average Bonchev–Trinajstić information content (AvgIpc) is 2.83. The number of para-hydroxylation sites is 1. The molecule has 3 aromatic rings. The zero-order valence-corrected chi connectivity index (χ0v) is 20.0. The van der Waals surface area contributed by atoms with Crippen LogP contribution >= 0.6 is 15.9 Å². The van der Waals surface area contributed by atoms with Crippen molar-refractivity contribution in [2.24, 2.45) is 0 Å². The maximum atomic E-state index is 12.6. The van der Waals surface area contributed by atoms with Crippen LogP contribution in [0.1, 0.15) is 27.0 Å². The monoisotopic (exact) mass is 520 g/mol. The van der Waals surface area contributed by atoms with E-state index in [0.717, 1.165) is 11.1 Å². The Hall–Kier alpha value is -4.09. The maximum absolute atomic E-state index is 12.6. The van der Waals surface area contributed by atoms with Gasteiger partial charge in [0.15, 0.2) is 11.5 Å². The van der Waals surface area contributed by atoms with E-state index in [1.165, 1.54) is 25.3 Å². The summed E-state index contributed by atoms with van der Waals surface area (Å²) in [6, 6.07) is 19.0. The Bertz CT molecular complexity index is 1290. The van der Waals surface area contributed by atoms with Crippen LogP contribution in [0, 0.1) is 18.3 Å². The molecule has 1 amide bonds. The lowest BCUT2D eigenvalue weighted by molar-refractivity contribution is -0.112. The van der Waals surface area contributed by atoms with Crippen molar-refractivity contribution in [2.75, 3.05) is 12.4 Å². The fraction of sp³-hybridized carbons (Fsp3) is 0.115. The first-order valence-electron chi connectivity index (χ1n) is 10.1. The average molecular weight is 521 g/mol. The van der Waals surface area contributed by atoms with E-state index in [4.69, 9.17) is 14.6 Å². The molecule has 0 atom stereocenters. The molecule has 0 saturated carbocycles. The largest absolute Gasteiger partial charge is 0.493 e. The third kappa shape index (κ3) is 6.03. The molecule has 0 heterocycles. The van der Waals surface area contributed by atoms with E-state index in [2.05, 4.69) is 21.2 Å². The van der Waals surface area contributed by atoms with Crippen molar-refractivity contribution in [3.8, 4) is 17.6 Å². The molecule has 0 saturated heterocycles. The highest BCUT2D eigenvalue weighted by Gasteiger charge is 2.15. The number of anilines is 1. The van der Waals surface area contributed by atoms with Gasteiger partial charge in [0.1, 0.15) is 18.2 Å². The molecule has 0 fully saturated rings. The molecule has 0 aromatic heterocycles. The zero-order valence-electron chi connectivity index (χ0n) is 18.5. The molecule has 3 rings (SSSR count). The highest BCUT2D eigenvalue weighted by Crippen LogP contribution is 2.35. The van der Waals surface area contributed by atoms with Gasteiger partial charge in [-0.3, -0.25) is 4.79 Å². The van der Waals surface area contributed by atoms with Gasteiger partial charge in [0, 0.05) is 10.2 Å². The third-order valence-corrected chi connectivity index (χ3v) is 5.62. The molecule has 0 spiro atoms. The molecule has 2 N–H and O–H groups in total. The number of carbonyl (C=O) groups is 2. The lowest BCUT2D eigenvalue weighted by atomic mass is 10.1. The van der Waals surface area contributed by atoms with Crippen LogP contribution in [0.5, 0.6) is 11.5 Å². The molecule has 7 nitrogen and oxygen atoms in total. The number of amides is 1. The van der Waals surface area contributed by atoms with E-state index >= 15 is 0 Å². The molecule has 0 aliphatic rings. The summed E-state index contributed by atoms with van der Waals surface area (Å²) >= 11 is 3.46. The number of hydrogen-bond donors (Lipinski definition) is 2. The van der Waals surface area contributed by atoms with Crippen LogP contribution in [0.2, 0.25) is 0 Å². The van der Waals surface area contributed by atoms with Crippen LogP contribution in [0.4, 0.5) is 5.69 Å². The Morgan fingerprint density at radius 1 is 1.12 bits per heavy atom. The Morgan fingerprint density at radius 3 is 2.44 bits per heavy atom. The van der Waals surface area contributed by atoms with Gasteiger partial charge in [-0.05, 0) is 60.0 Å². The number of aryl methyl sites for hydroxylation is 1. The number of nitrogens with one attached hydrogen (secondary N) is 1. The summed E-state index contributed by atoms with van der Waals surface area (Å²) in [4.78, 5) is 23.6. The van der Waals surface area contributed by atoms with E-state index in [1.54, 1.807) is 36.4 Å². The topological polar surface area (TPSA) is 109 Å². The molecule has 3 aromatic carbocycles. The summed E-state index contributed by atoms with van der Waals surface area (Å²) in [5.41, 5.74) is 2.98. The van der Waals surface area contributed by atoms with Crippen molar-refractivity contribution in [2.45, 2.75) is 13.5 Å². The minimum Gasteiger partial charge on any atom is -0.493 e. The summed E-state index contributed by atoms with van der Waals surface area (Å²) in [6.45, 7) is 2.06. The summed E-state index contributed by atoms with van der Waals surface area (Å²) in [7, 11) is 1.49. The second-order valence-electron chi connectivity index (χ2n) is 7.25. The number of aromatic carboxylic acids is 1. The number of carboxylic acid groups (broad SMARTS) is 1. The van der Waals surface area contributed by atoms with Gasteiger partial charge in [-0.2, -0.15) is 5.26 Å². The minimum atomic E-state index is -0.994. The Morgan fingerprint density at radius 2 is 1.82 bits per heavy atom. The fourth-order valence-electron chi connectivity index (χ4n) is 3.05. The van der Waals surface area contributed by atoms with Gasteiger partial charge in [-0.1, -0.05) is 46.3 Å². The predicted molar refractivity (Wildman–Crippen MR) is 132 cm³/mol. The van der Waals surface area contributed by atoms with Gasteiger partial charge in [0.05, 0.1) is 12.7 Å². The summed E-state index contributed by atoms with van der Waals surface area (Å²) in [5, 5.41) is 21.3. The maximum Gasteiger partial charge on any atom is 0.335 e. The molecule has 8 heteroatoms. The van der Waals surface area contributed by atoms with E-state index in [1.807, 2.05) is 25.1 Å². The molecule has 0 unspecified atom stereocenters. The number of rotatable bonds is 8. The van der Waals surface area contributed by atoms with Gasteiger partial charge in [0.25, 0.3) is 5.91 Å². The summed E-state index contributed by atoms with van der Waals surface area (Å²) in [6.07, 6.45) is 1.47. The summed E-state index contributed by atoms with van der Waals surface area (Å²) in [5.74, 6) is -0.663. The minimum absolute atomic E-state index is 0.0711. The molecular weight excluding hydrogens is 500 g/mol. The summed E-state index contributed by atoms with van der Waals surface area (Å²) < 4.78 is 11.9. The van der Waals surface area contributed by atoms with Gasteiger partial charge in [-0.15, -0.1) is 0 Å². The number of methoxy groups -OCH3 is 1. The molecule has 172 valence electrons. The van der Waals surface area contributed by atoms with Crippen LogP contribution in [-0.4, -0.2) is 24.1 Å². The standard InChI is InChI=1S/C26H21BrN2O5/c1-16-5-3-4-6-22(16)29-25(30)20(14-28)11-19-12-23(33-2)24(13-21(19)27)34-15-17-7-9-18(10-8-17)26(31)32/h3-13H,15H2,1-2H3,(H,29,30)(H,31,32)/b20-11-. The smallest absolute Gasteiger partial charge is 0.335 e. The van der Waals surface area contributed by atoms with Crippen molar-refractivity contribution in [1.82, 2.24) is 0 Å². The number of benzene rings is 3. The number of hydrogen-bond acceptors (Lipinski definition) is 5. The normalized spacial score (nSPS) is 10.8. The first-order valence-corrected chi connectivity index (χ1v) is 10.9. The molecule has 34 heavy (non-hydrogen) atoms. The highest BCUT2D eigenvalue weighted by atomic mass is 79.9. The Labute approximate surface area is 205 Å². The van der Waals surface area contributed by atoms with Crippen molar-refractivity contribution >= 4 is 39.6 Å². The number of nitrogens with zero attached hydrogens (tertiary/aromatic N) is 1. The number of halogens is 1. The first kappa shape index (κ1) is 24.6. The number of ether oxygens (including phenoxy) is 2. The van der Waals surface area contributed by atoms with Gasteiger partial charge >= 0.3 is 5.97 Å². The number of carbonyl (C=O) groups excluding carboxylic acids is 1. The quantitative estimate of drug-likeness (QED) is 0.296. The third-order valence-electron chi connectivity index (χ3n) is 4.94. The fourth-order valence-corrected chi connectivity index (χ4v) is 3.48. The number of carboxylic acids is 1. The van der Waals surface area contributed by atoms with Crippen LogP contribution in [-0.2, 0) is 11.4 Å². The van der Waals surface area contributed by atoms with E-state index in [9.17, 15) is 14.9 Å². The number of nitriles is 1. The van der Waals surface area contributed by atoms with Crippen LogP contribution in [0.25, 0.3) is 6.08 Å². The molecule has 0 aliphatic carbocycles. The van der Waals surface area contributed by atoms with Crippen LogP contribution in [0.15, 0.2) is 70.7 Å². The van der Waals surface area contributed by atoms with Crippen molar-refractivity contribution in [3.63, 3.8) is 0 Å². The second-order valence-corrected chi connectivity index (χ2v) is 8.11. The van der Waals surface area contributed by atoms with Crippen molar-refractivity contribution in [3.05, 3.63) is 93.0 Å². The SMILES string of the molecule is COc1cc(/C=C(/C#N)C(=O)Nc2ccccc2C)c(Br)cc1OCc1ccc(C(=O)O)cc1. The van der Waals surface area contributed by atoms with Crippen molar-refractivity contribution < 1.29 is 24.2 Å². The Balaban J connectivity index is 1.80. The van der Waals surface area contributed by atoms with E-state index < -0.39 is 11.9 Å². The van der Waals surface area contributed by atoms with Crippen LogP contribution in [0.3, 0.4) is 0 Å². The first-order chi connectivity index (χ1) is 16.3. The van der Waals surface area contributed by atoms with E-state index in [0.29, 0.717) is 27.2 Å². The van der Waals surface area contributed by atoms with Gasteiger partial charge in [-0.25, -0.2) is 4.79 Å². The Kier molecular flexibility index (Phi) is 8.06. The second kappa shape index (κ2) is 11.2. The van der Waals surface area contributed by atoms with E-state index in [-0.39, 0.29) is 17.7 Å². The molecule has 0 radical (unpaired) electrons. The van der Waals surface area contributed by atoms with Crippen LogP contribution < -0.4 is 14.8 Å². The van der Waals surface area contributed by atoms with Gasteiger partial charge in [0.2, 0.25) is 0 Å². The predicted octanol–water partition coefficient (Wildman–Crippen LogP) is 5.59. The van der Waals surface area contributed by atoms with Gasteiger partial charge < -0.3 is 19.9 Å². The van der Waals surface area contributed by atoms with Crippen molar-refractivity contribution in [1.29, 1.82) is 5.26 Å². The molecule has 0 aliphatic heterocycles. The molecule has 0 bridgehead atoms.